The van der Waals surface area contributed by atoms with Gasteiger partial charge in [-0.2, -0.15) is 0 Å². The average molecular weight is 235 g/mol. The molecule has 0 aliphatic carbocycles. The van der Waals surface area contributed by atoms with Gasteiger partial charge < -0.3 is 5.32 Å². The van der Waals surface area contributed by atoms with Gasteiger partial charge in [0.2, 0.25) is 0 Å². The van der Waals surface area contributed by atoms with Crippen LogP contribution in [-0.2, 0) is 0 Å². The van der Waals surface area contributed by atoms with Crippen LogP contribution in [0.15, 0.2) is 48.2 Å². The molecule has 90 valence electrons. The Balaban J connectivity index is 2.32. The Bertz CT molecular complexity index is 640. The van der Waals surface area contributed by atoms with Gasteiger partial charge in [-0.15, -0.1) is 0 Å². The van der Waals surface area contributed by atoms with Gasteiger partial charge in [0.1, 0.15) is 0 Å². The number of nitrogens with one attached hydrogen (secondary N) is 1. The lowest BCUT2D eigenvalue weighted by Crippen LogP contribution is -2.15. The molecule has 0 spiro atoms. The number of dihydropyridines is 1. The molecule has 1 N–H and O–H groups in total. The molecule has 0 aromatic heterocycles. The molecule has 0 saturated heterocycles. The second-order valence-corrected chi connectivity index (χ2v) is 5.02. The Hall–Kier alpha value is -2.02. The van der Waals surface area contributed by atoms with Crippen LogP contribution < -0.4 is 5.32 Å². The molecular weight excluding hydrogens is 218 g/mol. The lowest BCUT2D eigenvalue weighted by Gasteiger charge is -2.22. The fraction of sp³-hybridized carbons (Fsp3) is 0.176. The topological polar surface area (TPSA) is 12.0 Å². The van der Waals surface area contributed by atoms with Crippen molar-refractivity contribution in [3.05, 3.63) is 70.5 Å². The smallest absolute Gasteiger partial charge is 0.0464 e. The van der Waals surface area contributed by atoms with Gasteiger partial charge >= 0.3 is 0 Å². The highest BCUT2D eigenvalue weighted by Crippen LogP contribution is 2.30. The quantitative estimate of drug-likeness (QED) is 0.713. The molecule has 2 bridgehead atoms. The molecule has 0 amide bonds. The summed E-state index contributed by atoms with van der Waals surface area (Å²) >= 11 is 0. The summed E-state index contributed by atoms with van der Waals surface area (Å²) in [7, 11) is 0. The summed E-state index contributed by atoms with van der Waals surface area (Å²) in [6.07, 6.45) is 10.7. The maximum atomic E-state index is 3.47. The summed E-state index contributed by atoms with van der Waals surface area (Å²) in [5.41, 5.74) is 8.95. The highest BCUT2D eigenvalue weighted by atomic mass is 14.9. The summed E-state index contributed by atoms with van der Waals surface area (Å²) < 4.78 is 0. The first-order chi connectivity index (χ1) is 8.65. The first-order valence-corrected chi connectivity index (χ1v) is 6.31. The second-order valence-electron chi connectivity index (χ2n) is 5.02. The predicted molar refractivity (Wildman–Crippen MR) is 77.9 cm³/mol. The van der Waals surface area contributed by atoms with Crippen molar-refractivity contribution in [2.45, 2.75) is 20.8 Å². The Kier molecular flexibility index (Phi) is 2.48. The number of hydrogen-bond donors (Lipinski definition) is 1. The fourth-order valence-corrected chi connectivity index (χ4v) is 2.41. The van der Waals surface area contributed by atoms with Crippen molar-refractivity contribution in [1.29, 1.82) is 0 Å². The predicted octanol–water partition coefficient (Wildman–Crippen LogP) is 4.10. The van der Waals surface area contributed by atoms with E-state index in [1.165, 1.54) is 33.5 Å². The molecule has 1 aromatic rings. The Labute approximate surface area is 108 Å². The average Bonchev–Trinajstić information content (AvgIpc) is 2.38. The largest absolute Gasteiger partial charge is 0.355 e. The summed E-state index contributed by atoms with van der Waals surface area (Å²) in [6, 6.07) is 4.57. The lowest BCUT2D eigenvalue weighted by molar-refractivity contribution is 1.11. The fourth-order valence-electron chi connectivity index (χ4n) is 2.41. The number of fused-ring (bicyclic) bond motifs is 4. The first kappa shape index (κ1) is 11.1. The van der Waals surface area contributed by atoms with Crippen LogP contribution in [0.5, 0.6) is 0 Å². The van der Waals surface area contributed by atoms with Crippen LogP contribution in [0.2, 0.25) is 0 Å². The minimum absolute atomic E-state index is 1.15. The maximum Gasteiger partial charge on any atom is 0.0464 e. The molecule has 2 aliphatic heterocycles. The molecule has 1 heteroatoms. The van der Waals surface area contributed by atoms with Crippen LogP contribution in [0.3, 0.4) is 0 Å². The summed E-state index contributed by atoms with van der Waals surface area (Å²) in [5, 5.41) is 3.47. The van der Waals surface area contributed by atoms with E-state index in [1.54, 1.807) is 0 Å². The number of rotatable bonds is 0. The van der Waals surface area contributed by atoms with Crippen molar-refractivity contribution < 1.29 is 0 Å². The summed E-state index contributed by atoms with van der Waals surface area (Å²) in [6.45, 7) is 6.52. The highest BCUT2D eigenvalue weighted by Gasteiger charge is 2.14. The van der Waals surface area contributed by atoms with Crippen LogP contribution >= 0.6 is 0 Å². The van der Waals surface area contributed by atoms with Gasteiger partial charge in [-0.05, 0) is 67.3 Å². The van der Waals surface area contributed by atoms with Gasteiger partial charge in [-0.25, -0.2) is 0 Å². The molecule has 18 heavy (non-hydrogen) atoms. The van der Waals surface area contributed by atoms with Crippen LogP contribution in [0, 0.1) is 13.8 Å². The van der Waals surface area contributed by atoms with E-state index in [2.05, 4.69) is 68.6 Å². The molecule has 0 saturated carbocycles. The van der Waals surface area contributed by atoms with Crippen molar-refractivity contribution in [3.63, 3.8) is 0 Å². The zero-order chi connectivity index (χ0) is 12.7. The summed E-state index contributed by atoms with van der Waals surface area (Å²) in [5.74, 6) is 0. The van der Waals surface area contributed by atoms with Gasteiger partial charge in [0.15, 0.2) is 0 Å². The molecule has 2 heterocycles. The standard InChI is InChI=1S/C17H17N/c1-11-7-8-14-5-4-6-17(18-14)16-10-13(3)12(2)9-15(11)16/h4-10,18H,1-3H3. The minimum atomic E-state index is 1.15. The van der Waals surface area contributed by atoms with E-state index < -0.39 is 0 Å². The lowest BCUT2D eigenvalue weighted by atomic mass is 9.91. The second kappa shape index (κ2) is 4.02. The Morgan fingerprint density at radius 2 is 1.56 bits per heavy atom. The number of aryl methyl sites for hydroxylation is 2. The van der Waals surface area contributed by atoms with Crippen molar-refractivity contribution in [2.24, 2.45) is 0 Å². The molecule has 0 atom stereocenters. The Morgan fingerprint density at radius 1 is 0.833 bits per heavy atom. The van der Waals surface area contributed by atoms with Crippen molar-refractivity contribution in [3.8, 4) is 0 Å². The van der Waals surface area contributed by atoms with E-state index in [0.29, 0.717) is 0 Å². The van der Waals surface area contributed by atoms with E-state index in [4.69, 9.17) is 0 Å². The zero-order valence-electron chi connectivity index (χ0n) is 11.0. The molecule has 3 rings (SSSR count). The van der Waals surface area contributed by atoms with Crippen LogP contribution in [0.25, 0.3) is 11.3 Å². The molecule has 2 aliphatic rings. The third-order valence-corrected chi connectivity index (χ3v) is 3.68. The molecule has 1 aromatic carbocycles. The molecule has 0 radical (unpaired) electrons. The first-order valence-electron chi connectivity index (χ1n) is 6.31. The highest BCUT2D eigenvalue weighted by molar-refractivity contribution is 5.83. The molecule has 1 nitrogen and oxygen atoms in total. The number of allylic oxidation sites excluding steroid dienone is 6. The van der Waals surface area contributed by atoms with E-state index in [9.17, 15) is 0 Å². The van der Waals surface area contributed by atoms with E-state index in [-0.39, 0.29) is 0 Å². The van der Waals surface area contributed by atoms with Gasteiger partial charge in [-0.1, -0.05) is 18.2 Å². The number of hydrogen-bond acceptors (Lipinski definition) is 1. The van der Waals surface area contributed by atoms with E-state index >= 15 is 0 Å². The van der Waals surface area contributed by atoms with E-state index in [1.807, 2.05) is 0 Å². The van der Waals surface area contributed by atoms with Crippen LogP contribution in [0.1, 0.15) is 29.2 Å². The minimum Gasteiger partial charge on any atom is -0.355 e. The monoisotopic (exact) mass is 235 g/mol. The number of benzene rings is 1. The van der Waals surface area contributed by atoms with Gasteiger partial charge in [0, 0.05) is 17.0 Å². The molecular formula is C17H17N. The molecule has 0 unspecified atom stereocenters. The zero-order valence-corrected chi connectivity index (χ0v) is 11.0. The van der Waals surface area contributed by atoms with Crippen LogP contribution in [0.4, 0.5) is 0 Å². The third kappa shape index (κ3) is 1.72. The van der Waals surface area contributed by atoms with Gasteiger partial charge in [0.05, 0.1) is 0 Å². The Morgan fingerprint density at radius 3 is 2.33 bits per heavy atom. The maximum absolute atomic E-state index is 3.47. The normalized spacial score (nSPS) is 16.7. The van der Waals surface area contributed by atoms with Crippen molar-refractivity contribution in [1.82, 2.24) is 5.32 Å². The van der Waals surface area contributed by atoms with Crippen molar-refractivity contribution >= 4 is 11.3 Å². The van der Waals surface area contributed by atoms with Crippen molar-refractivity contribution in [2.75, 3.05) is 0 Å². The SMILES string of the molecule is CC1=CC=C2C=CC=C(N2)c2cc(C)c(C)cc21. The van der Waals surface area contributed by atoms with Gasteiger partial charge in [0.25, 0.3) is 0 Å². The third-order valence-electron chi connectivity index (χ3n) is 3.68. The van der Waals surface area contributed by atoms with Crippen LogP contribution in [-0.4, -0.2) is 0 Å². The van der Waals surface area contributed by atoms with Gasteiger partial charge in [-0.3, -0.25) is 0 Å². The molecule has 0 fully saturated rings. The summed E-state index contributed by atoms with van der Waals surface area (Å²) in [4.78, 5) is 0. The van der Waals surface area contributed by atoms with E-state index in [0.717, 1.165) is 5.70 Å².